The average molecular weight is 240 g/mol. The number of benzene rings is 1. The number of aromatic nitrogens is 1. The third-order valence-electron chi connectivity index (χ3n) is 2.69. The van der Waals surface area contributed by atoms with Gasteiger partial charge in [-0.25, -0.2) is 0 Å². The van der Waals surface area contributed by atoms with Crippen LogP contribution in [0.2, 0.25) is 0 Å². The Kier molecular flexibility index (Phi) is 4.20. The molecule has 0 aliphatic rings. The van der Waals surface area contributed by atoms with Crippen molar-refractivity contribution in [2.75, 3.05) is 6.54 Å². The first kappa shape index (κ1) is 12.5. The van der Waals surface area contributed by atoms with E-state index in [-0.39, 0.29) is 5.78 Å². The summed E-state index contributed by atoms with van der Waals surface area (Å²) in [6.45, 7) is 2.95. The summed E-state index contributed by atoms with van der Waals surface area (Å²) in [6.07, 6.45) is 1.75. The zero-order chi connectivity index (χ0) is 12.8. The van der Waals surface area contributed by atoms with Gasteiger partial charge in [0, 0.05) is 18.3 Å². The van der Waals surface area contributed by atoms with Crippen LogP contribution in [0.4, 0.5) is 0 Å². The van der Waals surface area contributed by atoms with Crippen LogP contribution >= 0.6 is 0 Å². The highest BCUT2D eigenvalue weighted by atomic mass is 16.1. The van der Waals surface area contributed by atoms with Gasteiger partial charge in [-0.2, -0.15) is 0 Å². The largest absolute Gasteiger partial charge is 0.304 e. The molecule has 0 saturated heterocycles. The van der Waals surface area contributed by atoms with E-state index >= 15 is 0 Å². The van der Waals surface area contributed by atoms with Crippen LogP contribution in [0.5, 0.6) is 0 Å². The minimum absolute atomic E-state index is 0.103. The number of rotatable bonds is 5. The number of pyridine rings is 1. The van der Waals surface area contributed by atoms with Crippen LogP contribution < -0.4 is 5.32 Å². The molecule has 3 heteroatoms. The van der Waals surface area contributed by atoms with E-state index in [2.05, 4.69) is 10.3 Å². The second-order valence-corrected chi connectivity index (χ2v) is 4.21. The lowest BCUT2D eigenvalue weighted by atomic mass is 10.1. The first-order valence-corrected chi connectivity index (χ1v) is 5.96. The molecule has 0 spiro atoms. The smallest absolute Gasteiger partial charge is 0.176 e. The summed E-state index contributed by atoms with van der Waals surface area (Å²) >= 11 is 0. The maximum atomic E-state index is 11.9. The minimum Gasteiger partial charge on any atom is -0.304 e. The summed E-state index contributed by atoms with van der Waals surface area (Å²) in [7, 11) is 0. The fourth-order valence-electron chi connectivity index (χ4n) is 1.65. The maximum Gasteiger partial charge on any atom is 0.176 e. The number of hydrogen-bond acceptors (Lipinski definition) is 3. The third kappa shape index (κ3) is 3.50. The number of hydrogen-bond donors (Lipinski definition) is 1. The molecule has 0 atom stereocenters. The van der Waals surface area contributed by atoms with Gasteiger partial charge >= 0.3 is 0 Å². The number of nitrogens with one attached hydrogen (secondary N) is 1. The highest BCUT2D eigenvalue weighted by Crippen LogP contribution is 2.03. The maximum absolute atomic E-state index is 11.9. The molecular weight excluding hydrogens is 224 g/mol. The highest BCUT2D eigenvalue weighted by Gasteiger charge is 2.04. The molecule has 2 rings (SSSR count). The lowest BCUT2D eigenvalue weighted by molar-refractivity contribution is 0.0990. The van der Waals surface area contributed by atoms with Crippen molar-refractivity contribution < 1.29 is 4.79 Å². The second kappa shape index (κ2) is 6.07. The number of aryl methyl sites for hydroxylation is 1. The standard InChI is InChI=1S/C15H16N2O/c1-12-5-7-13(8-6-12)15(18)11-16-10-14-4-2-3-9-17-14/h2-9,16H,10-11H2,1H3. The van der Waals surface area contributed by atoms with Crippen LogP contribution in [0.1, 0.15) is 21.6 Å². The van der Waals surface area contributed by atoms with Crippen molar-refractivity contribution in [1.29, 1.82) is 0 Å². The van der Waals surface area contributed by atoms with Gasteiger partial charge in [0.25, 0.3) is 0 Å². The van der Waals surface area contributed by atoms with E-state index in [9.17, 15) is 4.79 Å². The fourth-order valence-corrected chi connectivity index (χ4v) is 1.65. The van der Waals surface area contributed by atoms with Gasteiger partial charge in [-0.05, 0) is 19.1 Å². The number of carbonyl (C=O) groups excluding carboxylic acids is 1. The molecule has 2 aromatic rings. The molecule has 0 amide bonds. The molecule has 0 saturated carbocycles. The fraction of sp³-hybridized carbons (Fsp3) is 0.200. The molecule has 1 aromatic heterocycles. The van der Waals surface area contributed by atoms with Crippen molar-refractivity contribution in [3.05, 3.63) is 65.5 Å². The first-order valence-electron chi connectivity index (χ1n) is 5.96. The molecule has 0 unspecified atom stereocenters. The molecule has 1 aromatic carbocycles. The Bertz CT molecular complexity index is 506. The molecule has 0 aliphatic carbocycles. The van der Waals surface area contributed by atoms with Crippen LogP contribution in [0, 0.1) is 6.92 Å². The van der Waals surface area contributed by atoms with Gasteiger partial charge in [-0.3, -0.25) is 9.78 Å². The first-order chi connectivity index (χ1) is 8.75. The van der Waals surface area contributed by atoms with Crippen molar-refractivity contribution in [2.24, 2.45) is 0 Å². The Balaban J connectivity index is 1.84. The van der Waals surface area contributed by atoms with E-state index < -0.39 is 0 Å². The van der Waals surface area contributed by atoms with Gasteiger partial charge in [0.2, 0.25) is 0 Å². The number of ketones is 1. The lowest BCUT2D eigenvalue weighted by Crippen LogP contribution is -2.23. The molecule has 0 bridgehead atoms. The number of nitrogens with zero attached hydrogens (tertiary/aromatic N) is 1. The van der Waals surface area contributed by atoms with Crippen LogP contribution in [0.25, 0.3) is 0 Å². The summed E-state index contributed by atoms with van der Waals surface area (Å²) in [4.78, 5) is 16.0. The third-order valence-corrected chi connectivity index (χ3v) is 2.69. The predicted octanol–water partition coefficient (Wildman–Crippen LogP) is 2.36. The molecule has 1 heterocycles. The molecule has 92 valence electrons. The van der Waals surface area contributed by atoms with E-state index in [1.807, 2.05) is 49.4 Å². The van der Waals surface area contributed by atoms with Gasteiger partial charge in [0.1, 0.15) is 0 Å². The summed E-state index contributed by atoms with van der Waals surface area (Å²) in [5.74, 6) is 0.103. The monoisotopic (exact) mass is 240 g/mol. The van der Waals surface area contributed by atoms with Gasteiger partial charge in [0.05, 0.1) is 12.2 Å². The molecule has 0 aliphatic heterocycles. The zero-order valence-electron chi connectivity index (χ0n) is 10.4. The van der Waals surface area contributed by atoms with Gasteiger partial charge in [-0.15, -0.1) is 0 Å². The van der Waals surface area contributed by atoms with Crippen molar-refractivity contribution in [2.45, 2.75) is 13.5 Å². The van der Waals surface area contributed by atoms with E-state index in [4.69, 9.17) is 0 Å². The molecule has 3 nitrogen and oxygen atoms in total. The molecule has 18 heavy (non-hydrogen) atoms. The predicted molar refractivity (Wildman–Crippen MR) is 71.5 cm³/mol. The lowest BCUT2D eigenvalue weighted by Gasteiger charge is -2.04. The quantitative estimate of drug-likeness (QED) is 0.816. The van der Waals surface area contributed by atoms with Crippen molar-refractivity contribution >= 4 is 5.78 Å². The van der Waals surface area contributed by atoms with E-state index in [0.717, 1.165) is 16.8 Å². The normalized spacial score (nSPS) is 10.3. The summed E-state index contributed by atoms with van der Waals surface area (Å²) in [6, 6.07) is 13.4. The second-order valence-electron chi connectivity index (χ2n) is 4.21. The van der Waals surface area contributed by atoms with Crippen LogP contribution in [0.15, 0.2) is 48.7 Å². The highest BCUT2D eigenvalue weighted by molar-refractivity contribution is 5.97. The van der Waals surface area contributed by atoms with Crippen LogP contribution in [-0.2, 0) is 6.54 Å². The molecule has 1 N–H and O–H groups in total. The average Bonchev–Trinajstić information content (AvgIpc) is 2.40. The summed E-state index contributed by atoms with van der Waals surface area (Å²) in [5.41, 5.74) is 2.84. The summed E-state index contributed by atoms with van der Waals surface area (Å²) in [5, 5.41) is 3.10. The van der Waals surface area contributed by atoms with Crippen molar-refractivity contribution in [3.63, 3.8) is 0 Å². The number of Topliss-reactive ketones (excluding diaryl/α,β-unsaturated/α-hetero) is 1. The Morgan fingerprint density at radius 1 is 1.17 bits per heavy atom. The van der Waals surface area contributed by atoms with Gasteiger partial charge in [-0.1, -0.05) is 35.9 Å². The Hall–Kier alpha value is -2.00. The van der Waals surface area contributed by atoms with E-state index in [1.54, 1.807) is 6.20 Å². The van der Waals surface area contributed by atoms with E-state index in [0.29, 0.717) is 13.1 Å². The van der Waals surface area contributed by atoms with Crippen molar-refractivity contribution in [3.8, 4) is 0 Å². The minimum atomic E-state index is 0.103. The summed E-state index contributed by atoms with van der Waals surface area (Å²) < 4.78 is 0. The Labute approximate surface area is 107 Å². The Morgan fingerprint density at radius 2 is 1.94 bits per heavy atom. The van der Waals surface area contributed by atoms with Crippen molar-refractivity contribution in [1.82, 2.24) is 10.3 Å². The number of carbonyl (C=O) groups is 1. The Morgan fingerprint density at radius 3 is 2.61 bits per heavy atom. The SMILES string of the molecule is Cc1ccc(C(=O)CNCc2ccccn2)cc1. The molecule has 0 fully saturated rings. The van der Waals surface area contributed by atoms with Gasteiger partial charge < -0.3 is 5.32 Å². The molecular formula is C15H16N2O. The topological polar surface area (TPSA) is 42.0 Å². The zero-order valence-corrected chi connectivity index (χ0v) is 10.4. The van der Waals surface area contributed by atoms with Crippen LogP contribution in [0.3, 0.4) is 0 Å². The van der Waals surface area contributed by atoms with E-state index in [1.165, 1.54) is 0 Å². The molecule has 0 radical (unpaired) electrons. The van der Waals surface area contributed by atoms with Crippen LogP contribution in [-0.4, -0.2) is 17.3 Å². The van der Waals surface area contributed by atoms with Gasteiger partial charge in [0.15, 0.2) is 5.78 Å².